The lowest BCUT2D eigenvalue weighted by atomic mass is 9.85. The van der Waals surface area contributed by atoms with E-state index < -0.39 is 0 Å². The van der Waals surface area contributed by atoms with E-state index in [1.165, 1.54) is 26.3 Å². The van der Waals surface area contributed by atoms with Crippen molar-refractivity contribution < 1.29 is 0 Å². The Bertz CT molecular complexity index is 305. The zero-order valence-electron chi connectivity index (χ0n) is 9.78. The number of nitrogens with zero attached hydrogens (tertiary/aromatic N) is 1. The number of rotatable bonds is 4. The fraction of sp³-hybridized carbons (Fsp3) is 0.667. The summed E-state index contributed by atoms with van der Waals surface area (Å²) in [6, 6.07) is 0.135. The smallest absolute Gasteiger partial charge is 0.0500 e. The van der Waals surface area contributed by atoms with Crippen LogP contribution < -0.4 is 11.1 Å². The zero-order valence-corrected chi connectivity index (χ0v) is 9.78. The lowest BCUT2D eigenvalue weighted by Crippen LogP contribution is -2.40. The van der Waals surface area contributed by atoms with Crippen molar-refractivity contribution in [2.75, 3.05) is 13.6 Å². The van der Waals surface area contributed by atoms with Gasteiger partial charge in [0.2, 0.25) is 0 Å². The van der Waals surface area contributed by atoms with E-state index in [1.54, 1.807) is 6.08 Å². The van der Waals surface area contributed by atoms with Crippen LogP contribution in [0.1, 0.15) is 25.7 Å². The molecule has 0 heterocycles. The number of hydroxylamine groups is 2. The Morgan fingerprint density at radius 3 is 2.88 bits per heavy atom. The molecule has 0 aromatic rings. The summed E-state index contributed by atoms with van der Waals surface area (Å²) < 4.78 is 0. The predicted octanol–water partition coefficient (Wildman–Crippen LogP) is 1.30. The molecule has 0 spiro atoms. The molecule has 3 N–H and O–H groups in total. The van der Waals surface area contributed by atoms with Gasteiger partial charge in [-0.2, -0.15) is 0 Å². The van der Waals surface area contributed by atoms with Gasteiger partial charge in [0.15, 0.2) is 0 Å². The Balaban J connectivity index is 1.90. The number of nitrogens with two attached hydrogens (primary N) is 1. The molecule has 0 bridgehead atoms. The minimum atomic E-state index is 0.135. The summed E-state index contributed by atoms with van der Waals surface area (Å²) in [6.07, 6.45) is 8.57. The first-order valence-electron chi connectivity index (χ1n) is 5.98. The van der Waals surface area contributed by atoms with Crippen molar-refractivity contribution in [2.45, 2.75) is 31.7 Å². The highest BCUT2D eigenvalue weighted by atomic mass is 16.5. The molecule has 0 radical (unpaired) electrons. The van der Waals surface area contributed by atoms with Gasteiger partial charge in [0.25, 0.3) is 0 Å². The first-order chi connectivity index (χ1) is 7.66. The summed E-state index contributed by atoms with van der Waals surface area (Å²) in [6.45, 7) is 1.02. The van der Waals surface area contributed by atoms with Crippen LogP contribution in [0.25, 0.3) is 0 Å². The minimum absolute atomic E-state index is 0.135. The van der Waals surface area contributed by atoms with Crippen molar-refractivity contribution >= 4 is 0 Å². The number of allylic oxidation sites excluding steroid dienone is 1. The number of hydrogen-bond donors (Lipinski definition) is 2. The fourth-order valence-electron chi connectivity index (χ4n) is 2.21. The molecule has 2 aliphatic rings. The molecule has 4 heteroatoms. The second kappa shape index (κ2) is 4.89. The SMILES string of the molecule is CN([O-])C1=CC(N)=CCC1NCC1CCC1. The molecular formula is C12H20N3O-. The van der Waals surface area contributed by atoms with Crippen LogP contribution in [0, 0.1) is 11.1 Å². The molecule has 4 nitrogen and oxygen atoms in total. The molecule has 1 fully saturated rings. The molecule has 0 saturated heterocycles. The lowest BCUT2D eigenvalue weighted by molar-refractivity contribution is 0.287. The van der Waals surface area contributed by atoms with E-state index >= 15 is 0 Å². The van der Waals surface area contributed by atoms with Gasteiger partial charge in [0.05, 0.1) is 0 Å². The number of hydrogen-bond acceptors (Lipinski definition) is 4. The van der Waals surface area contributed by atoms with Crippen LogP contribution in [0.3, 0.4) is 0 Å². The largest absolute Gasteiger partial charge is 0.759 e. The van der Waals surface area contributed by atoms with Gasteiger partial charge in [-0.3, -0.25) is 0 Å². The van der Waals surface area contributed by atoms with Crippen molar-refractivity contribution in [2.24, 2.45) is 11.7 Å². The number of likely N-dealkylation sites (N-methyl/N-ethyl adjacent to an activating group) is 1. The van der Waals surface area contributed by atoms with Crippen molar-refractivity contribution in [3.8, 4) is 0 Å². The van der Waals surface area contributed by atoms with E-state index in [9.17, 15) is 5.21 Å². The van der Waals surface area contributed by atoms with Gasteiger partial charge in [0.1, 0.15) is 0 Å². The van der Waals surface area contributed by atoms with E-state index in [1.807, 2.05) is 6.08 Å². The van der Waals surface area contributed by atoms with Crippen molar-refractivity contribution in [3.63, 3.8) is 0 Å². The highest BCUT2D eigenvalue weighted by Gasteiger charge is 2.21. The van der Waals surface area contributed by atoms with Gasteiger partial charge in [0, 0.05) is 17.4 Å². The Hall–Kier alpha value is -1.00. The average molecular weight is 222 g/mol. The first-order valence-corrected chi connectivity index (χ1v) is 5.98. The third-order valence-electron chi connectivity index (χ3n) is 3.50. The molecule has 0 amide bonds. The first kappa shape index (κ1) is 11.5. The van der Waals surface area contributed by atoms with E-state index in [2.05, 4.69) is 5.32 Å². The summed E-state index contributed by atoms with van der Waals surface area (Å²) in [5, 5.41) is 15.8. The van der Waals surface area contributed by atoms with Crippen molar-refractivity contribution in [1.82, 2.24) is 10.4 Å². The maximum atomic E-state index is 11.4. The summed E-state index contributed by atoms with van der Waals surface area (Å²) in [7, 11) is 1.53. The molecule has 16 heavy (non-hydrogen) atoms. The van der Waals surface area contributed by atoms with Gasteiger partial charge >= 0.3 is 0 Å². The van der Waals surface area contributed by atoms with Crippen LogP contribution in [-0.4, -0.2) is 24.7 Å². The normalized spacial score (nSPS) is 25.8. The molecule has 1 saturated carbocycles. The minimum Gasteiger partial charge on any atom is -0.759 e. The van der Waals surface area contributed by atoms with E-state index in [0.717, 1.165) is 29.6 Å². The predicted molar refractivity (Wildman–Crippen MR) is 65.2 cm³/mol. The Morgan fingerprint density at radius 2 is 2.31 bits per heavy atom. The third kappa shape index (κ3) is 2.57. The second-order valence-corrected chi connectivity index (χ2v) is 4.76. The van der Waals surface area contributed by atoms with Gasteiger partial charge in [-0.1, -0.05) is 12.5 Å². The van der Waals surface area contributed by atoms with Crippen molar-refractivity contribution in [3.05, 3.63) is 28.8 Å². The van der Waals surface area contributed by atoms with E-state index in [-0.39, 0.29) is 6.04 Å². The van der Waals surface area contributed by atoms with Gasteiger partial charge in [-0.15, -0.1) is 0 Å². The van der Waals surface area contributed by atoms with Gasteiger partial charge in [-0.25, -0.2) is 0 Å². The van der Waals surface area contributed by atoms with E-state index in [4.69, 9.17) is 5.73 Å². The molecule has 90 valence electrons. The van der Waals surface area contributed by atoms with Gasteiger partial charge < -0.3 is 21.3 Å². The van der Waals surface area contributed by atoms with E-state index in [0.29, 0.717) is 5.70 Å². The van der Waals surface area contributed by atoms with Crippen LogP contribution in [0.2, 0.25) is 0 Å². The average Bonchev–Trinajstić information content (AvgIpc) is 2.17. The molecule has 2 rings (SSSR count). The van der Waals surface area contributed by atoms with Crippen LogP contribution in [0.15, 0.2) is 23.5 Å². The Kier molecular flexibility index (Phi) is 3.51. The Labute approximate surface area is 96.8 Å². The fourth-order valence-corrected chi connectivity index (χ4v) is 2.21. The summed E-state index contributed by atoms with van der Waals surface area (Å²) in [5.41, 5.74) is 7.15. The van der Waals surface area contributed by atoms with Crippen LogP contribution in [0.5, 0.6) is 0 Å². The molecule has 0 aromatic heterocycles. The highest BCUT2D eigenvalue weighted by Crippen LogP contribution is 2.26. The Morgan fingerprint density at radius 1 is 1.56 bits per heavy atom. The molecule has 2 aliphatic carbocycles. The molecule has 0 aliphatic heterocycles. The lowest BCUT2D eigenvalue weighted by Gasteiger charge is -2.37. The van der Waals surface area contributed by atoms with Gasteiger partial charge in [-0.05, 0) is 44.8 Å². The summed E-state index contributed by atoms with van der Waals surface area (Å²) >= 11 is 0. The zero-order chi connectivity index (χ0) is 11.5. The second-order valence-electron chi connectivity index (χ2n) is 4.76. The third-order valence-corrected chi connectivity index (χ3v) is 3.50. The molecule has 0 aromatic carbocycles. The van der Waals surface area contributed by atoms with Crippen LogP contribution in [-0.2, 0) is 0 Å². The topological polar surface area (TPSA) is 64.3 Å². The highest BCUT2D eigenvalue weighted by molar-refractivity contribution is 5.29. The molecule has 1 unspecified atom stereocenters. The quantitative estimate of drug-likeness (QED) is 0.704. The maximum Gasteiger partial charge on any atom is 0.0500 e. The standard InChI is InChI=1S/C12H20N3O/c1-15(16)12-7-10(13)5-6-11(12)14-8-9-3-2-4-9/h5,7,9,11,14H,2-4,6,8,13H2,1H3/q-1. The monoisotopic (exact) mass is 222 g/mol. The summed E-state index contributed by atoms with van der Waals surface area (Å²) in [4.78, 5) is 0. The van der Waals surface area contributed by atoms with Crippen LogP contribution in [0.4, 0.5) is 0 Å². The number of nitrogens with one attached hydrogen (secondary N) is 1. The van der Waals surface area contributed by atoms with Crippen molar-refractivity contribution in [1.29, 1.82) is 0 Å². The van der Waals surface area contributed by atoms with Crippen LogP contribution >= 0.6 is 0 Å². The maximum absolute atomic E-state index is 11.4. The molecular weight excluding hydrogens is 202 g/mol. The summed E-state index contributed by atoms with van der Waals surface area (Å²) in [5.74, 6) is 0.807. The molecule has 1 atom stereocenters.